The van der Waals surface area contributed by atoms with Gasteiger partial charge in [-0.3, -0.25) is 0 Å². The lowest BCUT2D eigenvalue weighted by atomic mass is 10.1. The number of hydrogen-bond donors (Lipinski definition) is 2. The van der Waals surface area contributed by atoms with Crippen molar-refractivity contribution in [3.8, 4) is 0 Å². The van der Waals surface area contributed by atoms with Crippen LogP contribution >= 0.6 is 15.9 Å². The molecule has 0 aliphatic rings. The number of halogens is 2. The van der Waals surface area contributed by atoms with E-state index in [1.807, 2.05) is 0 Å². The average Bonchev–Trinajstić information content (AvgIpc) is 2.29. The van der Waals surface area contributed by atoms with Crippen LogP contribution in [0.3, 0.4) is 0 Å². The van der Waals surface area contributed by atoms with E-state index in [1.165, 1.54) is 0 Å². The molecule has 0 aromatic heterocycles. The SMILES string of the molecule is CC(O)CCN(C)c1ccc(CN)c(Br)c1F. The van der Waals surface area contributed by atoms with Crippen LogP contribution in [0, 0.1) is 5.82 Å². The third-order valence-corrected chi connectivity index (χ3v) is 3.51. The molecule has 1 rings (SSSR count). The number of benzene rings is 1. The van der Waals surface area contributed by atoms with Gasteiger partial charge in [0.1, 0.15) is 0 Å². The first-order valence-electron chi connectivity index (χ1n) is 5.53. The summed E-state index contributed by atoms with van der Waals surface area (Å²) in [5.74, 6) is -0.305. The third-order valence-electron chi connectivity index (χ3n) is 2.66. The van der Waals surface area contributed by atoms with E-state index in [-0.39, 0.29) is 11.9 Å². The van der Waals surface area contributed by atoms with Crippen LogP contribution in [0.25, 0.3) is 0 Å². The highest BCUT2D eigenvalue weighted by Crippen LogP contribution is 2.28. The number of aliphatic hydroxyl groups is 1. The molecule has 5 heteroatoms. The molecule has 3 N–H and O–H groups in total. The lowest BCUT2D eigenvalue weighted by Crippen LogP contribution is -2.23. The van der Waals surface area contributed by atoms with Crippen molar-refractivity contribution < 1.29 is 9.50 Å². The van der Waals surface area contributed by atoms with Crippen LogP contribution in [0.2, 0.25) is 0 Å². The smallest absolute Gasteiger partial charge is 0.160 e. The van der Waals surface area contributed by atoms with E-state index in [0.717, 1.165) is 5.56 Å². The average molecular weight is 305 g/mol. The van der Waals surface area contributed by atoms with Crippen molar-refractivity contribution in [2.45, 2.75) is 26.0 Å². The van der Waals surface area contributed by atoms with Gasteiger partial charge in [0, 0.05) is 20.1 Å². The molecule has 3 nitrogen and oxygen atoms in total. The lowest BCUT2D eigenvalue weighted by molar-refractivity contribution is 0.187. The maximum atomic E-state index is 14.0. The lowest BCUT2D eigenvalue weighted by Gasteiger charge is -2.21. The van der Waals surface area contributed by atoms with Crippen LogP contribution in [0.4, 0.5) is 10.1 Å². The first-order chi connectivity index (χ1) is 7.97. The molecule has 96 valence electrons. The Kier molecular flexibility index (Phi) is 5.36. The standard InChI is InChI=1S/C12H18BrFN2O/c1-8(17)5-6-16(2)10-4-3-9(7-15)11(13)12(10)14/h3-4,8,17H,5-7,15H2,1-2H3. The molecule has 0 radical (unpaired) electrons. The zero-order chi connectivity index (χ0) is 13.0. The summed E-state index contributed by atoms with van der Waals surface area (Å²) >= 11 is 3.21. The van der Waals surface area contributed by atoms with E-state index < -0.39 is 0 Å². The van der Waals surface area contributed by atoms with Gasteiger partial charge in [-0.15, -0.1) is 0 Å². The minimum atomic E-state index is -0.382. The number of nitrogens with zero attached hydrogens (tertiary/aromatic N) is 1. The van der Waals surface area contributed by atoms with Crippen LogP contribution in [0.1, 0.15) is 18.9 Å². The summed E-state index contributed by atoms with van der Waals surface area (Å²) in [6.45, 7) is 2.62. The van der Waals surface area contributed by atoms with Crippen molar-refractivity contribution in [3.63, 3.8) is 0 Å². The Morgan fingerprint density at radius 1 is 1.53 bits per heavy atom. The Hall–Kier alpha value is -0.650. The molecule has 0 aliphatic heterocycles. The largest absolute Gasteiger partial charge is 0.393 e. The zero-order valence-electron chi connectivity index (χ0n) is 10.1. The number of nitrogens with two attached hydrogens (primary N) is 1. The molecule has 1 unspecified atom stereocenters. The predicted octanol–water partition coefficient (Wildman–Crippen LogP) is 2.25. The molecule has 0 spiro atoms. The molecule has 0 fully saturated rings. The van der Waals surface area contributed by atoms with Gasteiger partial charge in [-0.05, 0) is 40.9 Å². The summed E-state index contributed by atoms with van der Waals surface area (Å²) in [5.41, 5.74) is 6.76. The fraction of sp³-hybridized carbons (Fsp3) is 0.500. The predicted molar refractivity (Wildman–Crippen MR) is 71.6 cm³/mol. The third kappa shape index (κ3) is 3.66. The number of rotatable bonds is 5. The van der Waals surface area contributed by atoms with E-state index in [9.17, 15) is 9.50 Å². The summed E-state index contributed by atoms with van der Waals surface area (Å²) < 4.78 is 14.4. The molecule has 17 heavy (non-hydrogen) atoms. The van der Waals surface area contributed by atoms with Crippen molar-refractivity contribution in [2.24, 2.45) is 5.73 Å². The van der Waals surface area contributed by atoms with Crippen LogP contribution in [-0.2, 0) is 6.54 Å². The van der Waals surface area contributed by atoms with Crippen molar-refractivity contribution >= 4 is 21.6 Å². The second-order valence-electron chi connectivity index (χ2n) is 4.14. The molecular formula is C12H18BrFN2O. The minimum absolute atomic E-state index is 0.301. The molecule has 0 amide bonds. The molecule has 0 bridgehead atoms. The Bertz CT molecular complexity index is 385. The molecule has 1 atom stereocenters. The van der Waals surface area contributed by atoms with Crippen LogP contribution in [0.5, 0.6) is 0 Å². The second kappa shape index (κ2) is 6.33. The van der Waals surface area contributed by atoms with Crippen LogP contribution in [-0.4, -0.2) is 24.8 Å². The summed E-state index contributed by atoms with van der Waals surface area (Å²) in [7, 11) is 1.80. The van der Waals surface area contributed by atoms with Gasteiger partial charge in [0.15, 0.2) is 5.82 Å². The molecule has 0 saturated carbocycles. The topological polar surface area (TPSA) is 49.5 Å². The summed E-state index contributed by atoms with van der Waals surface area (Å²) in [6, 6.07) is 3.52. The quantitative estimate of drug-likeness (QED) is 0.877. The Morgan fingerprint density at radius 3 is 2.71 bits per heavy atom. The molecule has 0 heterocycles. The number of hydrogen-bond acceptors (Lipinski definition) is 3. The van der Waals surface area contributed by atoms with Gasteiger partial charge in [-0.1, -0.05) is 6.07 Å². The van der Waals surface area contributed by atoms with Gasteiger partial charge < -0.3 is 15.7 Å². The van der Waals surface area contributed by atoms with Crippen molar-refractivity contribution in [1.29, 1.82) is 0 Å². The normalized spacial score (nSPS) is 12.6. The van der Waals surface area contributed by atoms with Crippen molar-refractivity contribution in [3.05, 3.63) is 28.0 Å². The van der Waals surface area contributed by atoms with Gasteiger partial charge in [0.25, 0.3) is 0 Å². The highest BCUT2D eigenvalue weighted by atomic mass is 79.9. The first kappa shape index (κ1) is 14.4. The van der Waals surface area contributed by atoms with Gasteiger partial charge in [-0.2, -0.15) is 0 Å². The Morgan fingerprint density at radius 2 is 2.18 bits per heavy atom. The van der Waals surface area contributed by atoms with Gasteiger partial charge >= 0.3 is 0 Å². The molecule has 1 aromatic carbocycles. The highest BCUT2D eigenvalue weighted by molar-refractivity contribution is 9.10. The first-order valence-corrected chi connectivity index (χ1v) is 6.32. The zero-order valence-corrected chi connectivity index (χ0v) is 11.7. The van der Waals surface area contributed by atoms with Gasteiger partial charge in [0.05, 0.1) is 16.3 Å². The van der Waals surface area contributed by atoms with E-state index in [2.05, 4.69) is 15.9 Å². The fourth-order valence-corrected chi connectivity index (χ4v) is 2.03. The summed E-state index contributed by atoms with van der Waals surface area (Å²) in [6.07, 6.45) is 0.221. The van der Waals surface area contributed by atoms with Crippen molar-refractivity contribution in [2.75, 3.05) is 18.5 Å². The molecular weight excluding hydrogens is 287 g/mol. The monoisotopic (exact) mass is 304 g/mol. The van der Waals surface area contributed by atoms with E-state index in [0.29, 0.717) is 29.7 Å². The second-order valence-corrected chi connectivity index (χ2v) is 4.93. The fourth-order valence-electron chi connectivity index (χ4n) is 1.53. The maximum absolute atomic E-state index is 14.0. The number of aliphatic hydroxyl groups excluding tert-OH is 1. The summed E-state index contributed by atoms with van der Waals surface area (Å²) in [4.78, 5) is 1.78. The molecule has 0 saturated heterocycles. The van der Waals surface area contributed by atoms with Gasteiger partial charge in [0.2, 0.25) is 0 Å². The molecule has 0 aliphatic carbocycles. The van der Waals surface area contributed by atoms with Gasteiger partial charge in [-0.25, -0.2) is 4.39 Å². The summed E-state index contributed by atoms with van der Waals surface area (Å²) in [5, 5.41) is 9.21. The molecule has 1 aromatic rings. The Balaban J connectivity index is 2.87. The van der Waals surface area contributed by atoms with Crippen LogP contribution in [0.15, 0.2) is 16.6 Å². The number of anilines is 1. The van der Waals surface area contributed by atoms with Crippen molar-refractivity contribution in [1.82, 2.24) is 0 Å². The van der Waals surface area contributed by atoms with E-state index >= 15 is 0 Å². The van der Waals surface area contributed by atoms with E-state index in [1.54, 1.807) is 31.0 Å². The minimum Gasteiger partial charge on any atom is -0.393 e. The highest BCUT2D eigenvalue weighted by Gasteiger charge is 2.13. The van der Waals surface area contributed by atoms with Crippen LogP contribution < -0.4 is 10.6 Å². The van der Waals surface area contributed by atoms with E-state index in [4.69, 9.17) is 5.73 Å². The maximum Gasteiger partial charge on any atom is 0.160 e. The Labute approximate surface area is 110 Å².